The molecule has 0 saturated carbocycles. The third-order valence-corrected chi connectivity index (χ3v) is 4.49. The van der Waals surface area contributed by atoms with E-state index < -0.39 is 15.5 Å². The van der Waals surface area contributed by atoms with Crippen molar-refractivity contribution in [2.45, 2.75) is 6.92 Å². The number of benzene rings is 3. The minimum atomic E-state index is -0.720. The summed E-state index contributed by atoms with van der Waals surface area (Å²) in [4.78, 5) is 25.3. The van der Waals surface area contributed by atoms with Crippen LogP contribution in [0.5, 0.6) is 11.5 Å². The number of rotatable bonds is 6. The van der Waals surface area contributed by atoms with Gasteiger partial charge in [0, 0.05) is 22.3 Å². The number of non-ortho nitro benzene ring substituents is 1. The van der Waals surface area contributed by atoms with Gasteiger partial charge in [0.1, 0.15) is 5.75 Å². The van der Waals surface area contributed by atoms with E-state index in [-0.39, 0.29) is 11.4 Å². The van der Waals surface area contributed by atoms with E-state index in [1.807, 2.05) is 31.2 Å². The van der Waals surface area contributed by atoms with E-state index in [1.54, 1.807) is 24.4 Å². The normalized spacial score (nSPS) is 10.8. The lowest BCUT2D eigenvalue weighted by Gasteiger charge is -2.10. The van der Waals surface area contributed by atoms with E-state index in [4.69, 9.17) is 4.74 Å². The number of hydrogen-bond donors (Lipinski definition) is 0. The summed E-state index contributed by atoms with van der Waals surface area (Å²) in [5, 5.41) is 22.2. The van der Waals surface area contributed by atoms with Crippen LogP contribution in [0.2, 0.25) is 0 Å². The van der Waals surface area contributed by atoms with Crippen LogP contribution in [0.15, 0.2) is 70.1 Å². The lowest BCUT2D eigenvalue weighted by atomic mass is 10.2. The number of para-hydroxylation sites is 1. The molecule has 3 rings (SSSR count). The second-order valence-corrected chi connectivity index (χ2v) is 6.91. The number of aryl methyl sites for hydroxylation is 1. The summed E-state index contributed by atoms with van der Waals surface area (Å²) in [5.41, 5.74) is 1.47. The van der Waals surface area contributed by atoms with Crippen LogP contribution in [0.3, 0.4) is 0 Å². The molecule has 0 aliphatic rings. The molecule has 0 N–H and O–H groups in total. The molecular formula is C20H14BrN3O5. The first-order chi connectivity index (χ1) is 13.8. The molecule has 146 valence electrons. The van der Waals surface area contributed by atoms with Crippen molar-refractivity contribution in [2.24, 2.45) is 4.99 Å². The fourth-order valence-electron chi connectivity index (χ4n) is 2.53. The highest BCUT2D eigenvalue weighted by molar-refractivity contribution is 9.10. The standard InChI is InChI=1S/C20H14BrN3O5/c1-13-4-2-3-5-17(13)22-12-14-10-15(21)6-8-19(14)29-20-9-7-16(23(25)26)11-18(20)24(27)28/h2-12H,1H3. The Morgan fingerprint density at radius 2 is 1.69 bits per heavy atom. The number of halogens is 1. The van der Waals surface area contributed by atoms with Crippen LogP contribution in [-0.2, 0) is 0 Å². The van der Waals surface area contributed by atoms with Gasteiger partial charge in [-0.05, 0) is 42.8 Å². The van der Waals surface area contributed by atoms with Crippen LogP contribution in [-0.4, -0.2) is 16.1 Å². The zero-order chi connectivity index (χ0) is 21.0. The van der Waals surface area contributed by atoms with Gasteiger partial charge in [-0.3, -0.25) is 25.2 Å². The smallest absolute Gasteiger partial charge is 0.318 e. The summed E-state index contributed by atoms with van der Waals surface area (Å²) >= 11 is 3.39. The van der Waals surface area contributed by atoms with Crippen LogP contribution in [0, 0.1) is 27.2 Å². The van der Waals surface area contributed by atoms with E-state index >= 15 is 0 Å². The number of hydrogen-bond acceptors (Lipinski definition) is 6. The molecule has 9 heteroatoms. The second kappa shape index (κ2) is 8.61. The molecule has 0 aliphatic heterocycles. The third kappa shape index (κ3) is 4.82. The molecule has 0 bridgehead atoms. The van der Waals surface area contributed by atoms with Crippen molar-refractivity contribution < 1.29 is 14.6 Å². The first kappa shape index (κ1) is 20.2. The zero-order valence-electron chi connectivity index (χ0n) is 15.1. The topological polar surface area (TPSA) is 108 Å². The first-order valence-electron chi connectivity index (χ1n) is 8.35. The van der Waals surface area contributed by atoms with Gasteiger partial charge in [-0.25, -0.2) is 0 Å². The lowest BCUT2D eigenvalue weighted by Crippen LogP contribution is -1.97. The maximum absolute atomic E-state index is 11.3. The molecule has 0 heterocycles. The minimum absolute atomic E-state index is 0.103. The van der Waals surface area contributed by atoms with Gasteiger partial charge in [-0.2, -0.15) is 0 Å². The van der Waals surface area contributed by atoms with Crippen molar-refractivity contribution in [3.63, 3.8) is 0 Å². The highest BCUT2D eigenvalue weighted by Gasteiger charge is 2.21. The zero-order valence-corrected chi connectivity index (χ0v) is 16.7. The minimum Gasteiger partial charge on any atom is -0.449 e. The highest BCUT2D eigenvalue weighted by atomic mass is 79.9. The fourth-order valence-corrected chi connectivity index (χ4v) is 2.91. The molecule has 0 radical (unpaired) electrons. The fraction of sp³-hybridized carbons (Fsp3) is 0.0500. The largest absolute Gasteiger partial charge is 0.449 e. The van der Waals surface area contributed by atoms with E-state index in [0.29, 0.717) is 11.3 Å². The van der Waals surface area contributed by atoms with Crippen molar-refractivity contribution in [1.82, 2.24) is 0 Å². The SMILES string of the molecule is Cc1ccccc1N=Cc1cc(Br)ccc1Oc1ccc([N+](=O)[O-])cc1[N+](=O)[O-]. The summed E-state index contributed by atoms with van der Waals surface area (Å²) < 4.78 is 6.51. The van der Waals surface area contributed by atoms with Gasteiger partial charge in [-0.1, -0.05) is 34.1 Å². The molecule has 0 spiro atoms. The van der Waals surface area contributed by atoms with Gasteiger partial charge < -0.3 is 4.74 Å². The molecule has 0 amide bonds. The Labute approximate surface area is 173 Å². The van der Waals surface area contributed by atoms with Gasteiger partial charge >= 0.3 is 5.69 Å². The van der Waals surface area contributed by atoms with E-state index in [2.05, 4.69) is 20.9 Å². The number of nitro groups is 2. The van der Waals surface area contributed by atoms with E-state index in [9.17, 15) is 20.2 Å². The number of nitrogens with zero attached hydrogens (tertiary/aromatic N) is 3. The summed E-state index contributed by atoms with van der Waals surface area (Å²) in [5.74, 6) is 0.218. The molecule has 3 aromatic carbocycles. The highest BCUT2D eigenvalue weighted by Crippen LogP contribution is 2.36. The Bertz CT molecular complexity index is 1130. The van der Waals surface area contributed by atoms with Gasteiger partial charge in [0.05, 0.1) is 21.6 Å². The van der Waals surface area contributed by atoms with Gasteiger partial charge in [-0.15, -0.1) is 0 Å². The molecule has 0 aromatic heterocycles. The van der Waals surface area contributed by atoms with E-state index in [1.165, 1.54) is 6.07 Å². The third-order valence-electron chi connectivity index (χ3n) is 4.00. The number of nitro benzene ring substituents is 2. The number of ether oxygens (including phenoxy) is 1. The molecule has 29 heavy (non-hydrogen) atoms. The van der Waals surface area contributed by atoms with E-state index in [0.717, 1.165) is 27.9 Å². The van der Waals surface area contributed by atoms with Gasteiger partial charge in [0.25, 0.3) is 5.69 Å². The lowest BCUT2D eigenvalue weighted by molar-refractivity contribution is -0.394. The van der Waals surface area contributed by atoms with Crippen LogP contribution < -0.4 is 4.74 Å². The van der Waals surface area contributed by atoms with Gasteiger partial charge in [0.2, 0.25) is 5.75 Å². The Balaban J connectivity index is 2.00. The van der Waals surface area contributed by atoms with Crippen molar-refractivity contribution in [3.8, 4) is 11.5 Å². The number of aliphatic imine (C=N–C) groups is 1. The van der Waals surface area contributed by atoms with Crippen LogP contribution in [0.1, 0.15) is 11.1 Å². The van der Waals surface area contributed by atoms with Crippen LogP contribution in [0.25, 0.3) is 0 Å². The second-order valence-electron chi connectivity index (χ2n) is 6.00. The van der Waals surface area contributed by atoms with Crippen molar-refractivity contribution in [1.29, 1.82) is 0 Å². The molecule has 0 aliphatic carbocycles. The van der Waals surface area contributed by atoms with Crippen LogP contribution >= 0.6 is 15.9 Å². The maximum Gasteiger partial charge on any atom is 0.318 e. The summed E-state index contributed by atoms with van der Waals surface area (Å²) in [6.07, 6.45) is 1.60. The predicted molar refractivity (Wildman–Crippen MR) is 112 cm³/mol. The maximum atomic E-state index is 11.3. The van der Waals surface area contributed by atoms with Crippen molar-refractivity contribution in [3.05, 3.63) is 96.5 Å². The monoisotopic (exact) mass is 455 g/mol. The molecule has 0 unspecified atom stereocenters. The molecule has 8 nitrogen and oxygen atoms in total. The average molecular weight is 456 g/mol. The summed E-state index contributed by atoms with van der Waals surface area (Å²) in [7, 11) is 0. The Kier molecular flexibility index (Phi) is 5.99. The Morgan fingerprint density at radius 1 is 0.966 bits per heavy atom. The molecule has 0 atom stereocenters. The quantitative estimate of drug-likeness (QED) is 0.252. The average Bonchev–Trinajstić information content (AvgIpc) is 2.69. The first-order valence-corrected chi connectivity index (χ1v) is 9.14. The Hall–Kier alpha value is -3.59. The summed E-state index contributed by atoms with van der Waals surface area (Å²) in [6, 6.07) is 15.9. The predicted octanol–water partition coefficient (Wildman–Crippen LogP) is 6.12. The molecule has 0 saturated heterocycles. The molecular weight excluding hydrogens is 442 g/mol. The van der Waals surface area contributed by atoms with Crippen molar-refractivity contribution >= 4 is 39.2 Å². The Morgan fingerprint density at radius 3 is 2.38 bits per heavy atom. The van der Waals surface area contributed by atoms with Crippen LogP contribution in [0.4, 0.5) is 17.1 Å². The van der Waals surface area contributed by atoms with Gasteiger partial charge in [0.15, 0.2) is 0 Å². The van der Waals surface area contributed by atoms with Crippen molar-refractivity contribution in [2.75, 3.05) is 0 Å². The molecule has 0 fully saturated rings. The molecule has 3 aromatic rings. The summed E-state index contributed by atoms with van der Waals surface area (Å²) in [6.45, 7) is 1.94.